The molecule has 0 N–H and O–H groups in total. The molecule has 0 radical (unpaired) electrons. The van der Waals surface area contributed by atoms with Crippen molar-refractivity contribution in [1.82, 2.24) is 10.1 Å². The fraction of sp³-hybridized carbons (Fsp3) is 0.118. The van der Waals surface area contributed by atoms with Gasteiger partial charge in [0.1, 0.15) is 12.0 Å². The molecule has 2 aromatic carbocycles. The van der Waals surface area contributed by atoms with Crippen LogP contribution in [0.5, 0.6) is 5.75 Å². The zero-order valence-corrected chi connectivity index (χ0v) is 12.0. The van der Waals surface area contributed by atoms with Gasteiger partial charge in [-0.2, -0.15) is 4.98 Å². The third kappa shape index (κ3) is 3.20. The topological polar surface area (TPSA) is 65.2 Å². The van der Waals surface area contributed by atoms with Gasteiger partial charge in [0.15, 0.2) is 6.61 Å². The number of aryl methyl sites for hydroxylation is 1. The van der Waals surface area contributed by atoms with E-state index in [2.05, 4.69) is 10.1 Å². The van der Waals surface area contributed by atoms with Crippen molar-refractivity contribution in [2.24, 2.45) is 0 Å². The number of aromatic nitrogens is 2. The fourth-order valence-electron chi connectivity index (χ4n) is 1.92. The number of hydrogen-bond donors (Lipinski definition) is 0. The Labute approximate surface area is 127 Å². The number of benzene rings is 2. The predicted molar refractivity (Wildman–Crippen MR) is 80.6 cm³/mol. The van der Waals surface area contributed by atoms with Crippen LogP contribution in [0.15, 0.2) is 53.1 Å². The molecule has 1 heterocycles. The van der Waals surface area contributed by atoms with Crippen LogP contribution in [0.1, 0.15) is 21.8 Å². The number of ether oxygens (including phenoxy) is 1. The van der Waals surface area contributed by atoms with Gasteiger partial charge in [0.25, 0.3) is 5.89 Å². The minimum absolute atomic E-state index is 0.180. The molecule has 0 unspecified atom stereocenters. The first-order chi connectivity index (χ1) is 10.7. The largest absolute Gasteiger partial charge is 0.484 e. The molecule has 5 nitrogen and oxygen atoms in total. The van der Waals surface area contributed by atoms with E-state index in [-0.39, 0.29) is 6.61 Å². The first-order valence-corrected chi connectivity index (χ1v) is 6.82. The molecule has 0 amide bonds. The van der Waals surface area contributed by atoms with Gasteiger partial charge in [-0.25, -0.2) is 0 Å². The van der Waals surface area contributed by atoms with Crippen LogP contribution in [-0.2, 0) is 6.61 Å². The molecule has 0 atom stereocenters. The Hall–Kier alpha value is -2.95. The van der Waals surface area contributed by atoms with Gasteiger partial charge in [0.2, 0.25) is 5.82 Å². The average molecular weight is 294 g/mol. The Bertz CT molecular complexity index is 761. The van der Waals surface area contributed by atoms with Crippen molar-refractivity contribution in [1.29, 1.82) is 0 Å². The lowest BCUT2D eigenvalue weighted by atomic mass is 10.1. The maximum atomic E-state index is 10.6. The van der Waals surface area contributed by atoms with Crippen LogP contribution in [0.2, 0.25) is 0 Å². The highest BCUT2D eigenvalue weighted by Crippen LogP contribution is 2.17. The Morgan fingerprint density at radius 3 is 2.50 bits per heavy atom. The summed E-state index contributed by atoms with van der Waals surface area (Å²) in [7, 11) is 0. The first-order valence-electron chi connectivity index (χ1n) is 6.82. The van der Waals surface area contributed by atoms with Crippen molar-refractivity contribution in [2.75, 3.05) is 0 Å². The maximum Gasteiger partial charge on any atom is 0.264 e. The monoisotopic (exact) mass is 294 g/mol. The van der Waals surface area contributed by atoms with Crippen molar-refractivity contribution in [3.8, 4) is 17.1 Å². The lowest BCUT2D eigenvalue weighted by Gasteiger charge is -2.02. The fourth-order valence-corrected chi connectivity index (χ4v) is 1.92. The van der Waals surface area contributed by atoms with E-state index in [0.717, 1.165) is 11.8 Å². The molecule has 1 aromatic heterocycles. The Morgan fingerprint density at radius 1 is 1.09 bits per heavy atom. The number of carbonyl (C=O) groups is 1. The molecule has 0 bridgehead atoms. The Balaban J connectivity index is 1.66. The van der Waals surface area contributed by atoms with Gasteiger partial charge >= 0.3 is 0 Å². The van der Waals surface area contributed by atoms with E-state index in [1.165, 1.54) is 5.56 Å². The molecule has 110 valence electrons. The standard InChI is InChI=1S/C17H14N2O3/c1-12-2-6-14(7-3-12)17-18-16(22-19-17)11-21-15-8-4-13(10-20)5-9-15/h2-10H,11H2,1H3. The highest BCUT2D eigenvalue weighted by Gasteiger charge is 2.09. The molecule has 0 fully saturated rings. The second-order valence-corrected chi connectivity index (χ2v) is 4.85. The van der Waals surface area contributed by atoms with E-state index < -0.39 is 0 Å². The van der Waals surface area contributed by atoms with Crippen LogP contribution >= 0.6 is 0 Å². The van der Waals surface area contributed by atoms with Crippen molar-refractivity contribution in [3.63, 3.8) is 0 Å². The molecule has 22 heavy (non-hydrogen) atoms. The Morgan fingerprint density at radius 2 is 1.82 bits per heavy atom. The summed E-state index contributed by atoms with van der Waals surface area (Å²) >= 11 is 0. The summed E-state index contributed by atoms with van der Waals surface area (Å²) in [5.41, 5.74) is 2.68. The smallest absolute Gasteiger partial charge is 0.264 e. The molecule has 0 aliphatic carbocycles. The molecule has 0 aliphatic heterocycles. The van der Waals surface area contributed by atoms with Gasteiger partial charge < -0.3 is 9.26 Å². The number of nitrogens with zero attached hydrogens (tertiary/aromatic N) is 2. The van der Waals surface area contributed by atoms with E-state index in [1.807, 2.05) is 31.2 Å². The van der Waals surface area contributed by atoms with Crippen LogP contribution in [0.25, 0.3) is 11.4 Å². The van der Waals surface area contributed by atoms with Crippen molar-refractivity contribution >= 4 is 6.29 Å². The number of rotatable bonds is 5. The first kappa shape index (κ1) is 14.0. The molecule has 3 aromatic rings. The second kappa shape index (κ2) is 6.22. The SMILES string of the molecule is Cc1ccc(-c2noc(COc3ccc(C=O)cc3)n2)cc1. The summed E-state index contributed by atoms with van der Waals surface area (Å²) in [4.78, 5) is 14.9. The number of carbonyl (C=O) groups excluding carboxylic acids is 1. The molecule has 3 rings (SSSR count). The van der Waals surface area contributed by atoms with Gasteiger partial charge in [-0.3, -0.25) is 4.79 Å². The van der Waals surface area contributed by atoms with E-state index in [9.17, 15) is 4.79 Å². The van der Waals surface area contributed by atoms with Crippen LogP contribution < -0.4 is 4.74 Å². The lowest BCUT2D eigenvalue weighted by Crippen LogP contribution is -1.95. The minimum Gasteiger partial charge on any atom is -0.484 e. The maximum absolute atomic E-state index is 10.6. The molecule has 0 saturated carbocycles. The molecule has 0 spiro atoms. The molecular weight excluding hydrogens is 280 g/mol. The van der Waals surface area contributed by atoms with Gasteiger partial charge in [0.05, 0.1) is 0 Å². The van der Waals surface area contributed by atoms with Crippen LogP contribution in [0.3, 0.4) is 0 Å². The second-order valence-electron chi connectivity index (χ2n) is 4.85. The van der Waals surface area contributed by atoms with E-state index in [0.29, 0.717) is 23.0 Å². The quantitative estimate of drug-likeness (QED) is 0.674. The highest BCUT2D eigenvalue weighted by molar-refractivity contribution is 5.74. The third-order valence-corrected chi connectivity index (χ3v) is 3.16. The van der Waals surface area contributed by atoms with Crippen LogP contribution in [-0.4, -0.2) is 16.4 Å². The van der Waals surface area contributed by atoms with Crippen molar-refractivity contribution < 1.29 is 14.1 Å². The lowest BCUT2D eigenvalue weighted by molar-refractivity contribution is 0.112. The van der Waals surface area contributed by atoms with E-state index in [1.54, 1.807) is 24.3 Å². The predicted octanol–water partition coefficient (Wildman–Crippen LogP) is 3.44. The summed E-state index contributed by atoms with van der Waals surface area (Å²) in [6.45, 7) is 2.20. The summed E-state index contributed by atoms with van der Waals surface area (Å²) in [6, 6.07) is 14.7. The average Bonchev–Trinajstić information content (AvgIpc) is 3.03. The molecular formula is C17H14N2O3. The van der Waals surface area contributed by atoms with Crippen LogP contribution in [0.4, 0.5) is 0 Å². The van der Waals surface area contributed by atoms with Crippen molar-refractivity contribution in [2.45, 2.75) is 13.5 Å². The summed E-state index contributed by atoms with van der Waals surface area (Å²) < 4.78 is 10.7. The van der Waals surface area contributed by atoms with E-state index in [4.69, 9.17) is 9.26 Å². The van der Waals surface area contributed by atoms with Gasteiger partial charge in [-0.05, 0) is 31.2 Å². The zero-order valence-electron chi connectivity index (χ0n) is 12.0. The van der Waals surface area contributed by atoms with Gasteiger partial charge in [-0.1, -0.05) is 35.0 Å². The molecule has 0 aliphatic rings. The number of hydrogen-bond acceptors (Lipinski definition) is 5. The van der Waals surface area contributed by atoms with Gasteiger partial charge in [0, 0.05) is 11.1 Å². The molecule has 5 heteroatoms. The van der Waals surface area contributed by atoms with Crippen LogP contribution in [0, 0.1) is 6.92 Å². The highest BCUT2D eigenvalue weighted by atomic mass is 16.5. The minimum atomic E-state index is 0.180. The summed E-state index contributed by atoms with van der Waals surface area (Å²) in [6.07, 6.45) is 0.787. The summed E-state index contributed by atoms with van der Waals surface area (Å²) in [5.74, 6) is 1.57. The van der Waals surface area contributed by atoms with E-state index >= 15 is 0 Å². The van der Waals surface area contributed by atoms with Gasteiger partial charge in [-0.15, -0.1) is 0 Å². The molecule has 0 saturated heterocycles. The number of aldehydes is 1. The zero-order chi connectivity index (χ0) is 15.4. The van der Waals surface area contributed by atoms with Crippen molar-refractivity contribution in [3.05, 3.63) is 65.5 Å². The third-order valence-electron chi connectivity index (χ3n) is 3.16. The normalized spacial score (nSPS) is 10.4. The Kier molecular flexibility index (Phi) is 3.96. The summed E-state index contributed by atoms with van der Waals surface area (Å²) in [5, 5.41) is 3.94.